The first-order chi connectivity index (χ1) is 7.18. The molecule has 0 spiro atoms. The molecule has 0 amide bonds. The van der Waals surface area contributed by atoms with E-state index < -0.39 is 11.6 Å². The van der Waals surface area contributed by atoms with Crippen LogP contribution in [0.25, 0.3) is 0 Å². The second-order valence-corrected chi connectivity index (χ2v) is 4.41. The second-order valence-electron chi connectivity index (χ2n) is 3.49. The van der Waals surface area contributed by atoms with Crippen molar-refractivity contribution in [2.45, 2.75) is 6.04 Å². The maximum absolute atomic E-state index is 13.6. The Bertz CT molecular complexity index is 341. The van der Waals surface area contributed by atoms with Crippen LogP contribution in [0.3, 0.4) is 0 Å². The van der Waals surface area contributed by atoms with E-state index in [0.29, 0.717) is 11.0 Å². The number of nitrogens with one attached hydrogen (secondary N) is 2. The monoisotopic (exact) mass is 276 g/mol. The minimum Gasteiger partial charge on any atom is -0.314 e. The van der Waals surface area contributed by atoms with Crippen molar-refractivity contribution in [3.8, 4) is 0 Å². The molecule has 5 heteroatoms. The number of hydrogen-bond acceptors (Lipinski definition) is 2. The fourth-order valence-electron chi connectivity index (χ4n) is 1.74. The highest BCUT2D eigenvalue weighted by atomic mass is 79.9. The Morgan fingerprint density at radius 3 is 2.40 bits per heavy atom. The van der Waals surface area contributed by atoms with E-state index in [0.717, 1.165) is 13.1 Å². The van der Waals surface area contributed by atoms with E-state index >= 15 is 0 Å². The van der Waals surface area contributed by atoms with Crippen LogP contribution in [-0.4, -0.2) is 19.6 Å². The molecule has 0 aromatic heterocycles. The summed E-state index contributed by atoms with van der Waals surface area (Å²) < 4.78 is 27.5. The zero-order valence-corrected chi connectivity index (χ0v) is 9.57. The lowest BCUT2D eigenvalue weighted by Gasteiger charge is -2.25. The van der Waals surface area contributed by atoms with Crippen LogP contribution in [0.15, 0.2) is 16.6 Å². The Labute approximate surface area is 95.2 Å². The van der Waals surface area contributed by atoms with Crippen LogP contribution in [0, 0.1) is 11.6 Å². The van der Waals surface area contributed by atoms with Gasteiger partial charge in [-0.3, -0.25) is 0 Å². The Kier molecular flexibility index (Phi) is 3.33. The van der Waals surface area contributed by atoms with Crippen LogP contribution in [0.2, 0.25) is 0 Å². The third kappa shape index (κ3) is 2.35. The van der Waals surface area contributed by atoms with Gasteiger partial charge in [0.1, 0.15) is 11.6 Å². The molecule has 1 heterocycles. The van der Waals surface area contributed by atoms with Crippen LogP contribution in [0.1, 0.15) is 11.6 Å². The van der Waals surface area contributed by atoms with Crippen molar-refractivity contribution in [1.29, 1.82) is 0 Å². The van der Waals surface area contributed by atoms with Gasteiger partial charge in [0.05, 0.1) is 6.04 Å². The van der Waals surface area contributed by atoms with Gasteiger partial charge in [-0.05, 0) is 12.1 Å². The zero-order chi connectivity index (χ0) is 10.8. The summed E-state index contributed by atoms with van der Waals surface area (Å²) in [6, 6.07) is 2.29. The van der Waals surface area contributed by atoms with Gasteiger partial charge < -0.3 is 10.6 Å². The lowest BCUT2D eigenvalue weighted by molar-refractivity contribution is 0.400. The molecule has 0 aliphatic carbocycles. The Hall–Kier alpha value is -0.520. The molecule has 0 radical (unpaired) electrons. The van der Waals surface area contributed by atoms with Gasteiger partial charge >= 0.3 is 0 Å². The summed E-state index contributed by atoms with van der Waals surface area (Å²) in [5, 5.41) is 6.17. The number of benzene rings is 1. The lowest BCUT2D eigenvalue weighted by atomic mass is 10.0. The minimum absolute atomic E-state index is 0.116. The Balaban J connectivity index is 2.33. The molecule has 82 valence electrons. The van der Waals surface area contributed by atoms with E-state index in [-0.39, 0.29) is 11.6 Å². The largest absolute Gasteiger partial charge is 0.314 e. The highest BCUT2D eigenvalue weighted by Gasteiger charge is 2.22. The zero-order valence-electron chi connectivity index (χ0n) is 7.99. The third-order valence-electron chi connectivity index (χ3n) is 2.43. The van der Waals surface area contributed by atoms with Crippen LogP contribution in [0.4, 0.5) is 8.78 Å². The smallest absolute Gasteiger partial charge is 0.132 e. The van der Waals surface area contributed by atoms with Crippen LogP contribution >= 0.6 is 15.9 Å². The van der Waals surface area contributed by atoms with E-state index in [1.807, 2.05) is 0 Å². The molecule has 0 saturated carbocycles. The molecular formula is C10H11BrF2N2. The maximum atomic E-state index is 13.6. The van der Waals surface area contributed by atoms with Gasteiger partial charge in [-0.25, -0.2) is 8.78 Å². The molecule has 1 aliphatic rings. The Morgan fingerprint density at radius 2 is 1.87 bits per heavy atom. The van der Waals surface area contributed by atoms with Crippen molar-refractivity contribution in [2.75, 3.05) is 19.6 Å². The van der Waals surface area contributed by atoms with Gasteiger partial charge in [-0.2, -0.15) is 0 Å². The molecule has 1 saturated heterocycles. The highest BCUT2D eigenvalue weighted by molar-refractivity contribution is 9.10. The highest BCUT2D eigenvalue weighted by Crippen LogP contribution is 2.25. The molecule has 1 aromatic rings. The molecule has 15 heavy (non-hydrogen) atoms. The SMILES string of the molecule is Fc1cc(Br)cc(F)c1[C@@H]1CNCCN1. The van der Waals surface area contributed by atoms with Gasteiger partial charge in [-0.15, -0.1) is 0 Å². The van der Waals surface area contributed by atoms with Crippen molar-refractivity contribution in [2.24, 2.45) is 0 Å². The average molecular weight is 277 g/mol. The first-order valence-electron chi connectivity index (χ1n) is 4.77. The third-order valence-corrected chi connectivity index (χ3v) is 2.89. The second kappa shape index (κ2) is 4.55. The van der Waals surface area contributed by atoms with Gasteiger partial charge in [0.25, 0.3) is 0 Å². The van der Waals surface area contributed by atoms with Gasteiger partial charge in [0.2, 0.25) is 0 Å². The molecule has 1 atom stereocenters. The summed E-state index contributed by atoms with van der Waals surface area (Å²) in [4.78, 5) is 0. The van der Waals surface area contributed by atoms with Crippen molar-refractivity contribution in [3.63, 3.8) is 0 Å². The molecule has 1 aromatic carbocycles. The summed E-state index contributed by atoms with van der Waals surface area (Å²) in [6.45, 7) is 2.10. The van der Waals surface area contributed by atoms with E-state index in [1.54, 1.807) is 0 Å². The van der Waals surface area contributed by atoms with Crippen LogP contribution in [0.5, 0.6) is 0 Å². The minimum atomic E-state index is -0.511. The molecule has 1 fully saturated rings. The lowest BCUT2D eigenvalue weighted by Crippen LogP contribution is -2.43. The number of halogens is 3. The summed E-state index contributed by atoms with van der Waals surface area (Å²) >= 11 is 3.06. The summed E-state index contributed by atoms with van der Waals surface area (Å²) in [5.74, 6) is -1.02. The number of rotatable bonds is 1. The van der Waals surface area contributed by atoms with Crippen LogP contribution < -0.4 is 10.6 Å². The first kappa shape index (κ1) is 11.0. The van der Waals surface area contributed by atoms with Gasteiger partial charge in [0.15, 0.2) is 0 Å². The Morgan fingerprint density at radius 1 is 1.20 bits per heavy atom. The van der Waals surface area contributed by atoms with Crippen LogP contribution in [-0.2, 0) is 0 Å². The van der Waals surface area contributed by atoms with Gasteiger partial charge in [-0.1, -0.05) is 15.9 Å². The first-order valence-corrected chi connectivity index (χ1v) is 5.56. The molecule has 0 bridgehead atoms. The predicted molar refractivity (Wildman–Crippen MR) is 57.7 cm³/mol. The molecular weight excluding hydrogens is 266 g/mol. The van der Waals surface area contributed by atoms with E-state index in [9.17, 15) is 8.78 Å². The fourth-order valence-corrected chi connectivity index (χ4v) is 2.15. The number of piperazine rings is 1. The normalized spacial score (nSPS) is 21.7. The van der Waals surface area contributed by atoms with Crippen molar-refractivity contribution in [1.82, 2.24) is 10.6 Å². The molecule has 2 nitrogen and oxygen atoms in total. The average Bonchev–Trinajstić information content (AvgIpc) is 2.17. The molecule has 0 unspecified atom stereocenters. The topological polar surface area (TPSA) is 24.1 Å². The quantitative estimate of drug-likeness (QED) is 0.820. The number of hydrogen-bond donors (Lipinski definition) is 2. The van der Waals surface area contributed by atoms with E-state index in [2.05, 4.69) is 26.6 Å². The molecule has 2 N–H and O–H groups in total. The molecule has 1 aliphatic heterocycles. The standard InChI is InChI=1S/C10H11BrF2N2/c11-6-3-7(12)10(8(13)4-6)9-5-14-1-2-15-9/h3-4,9,14-15H,1-2,5H2/t9-/m0/s1. The van der Waals surface area contributed by atoms with E-state index in [1.165, 1.54) is 12.1 Å². The maximum Gasteiger partial charge on any atom is 0.132 e. The summed E-state index contributed by atoms with van der Waals surface area (Å²) in [6.07, 6.45) is 0. The van der Waals surface area contributed by atoms with E-state index in [4.69, 9.17) is 0 Å². The van der Waals surface area contributed by atoms with Crippen molar-refractivity contribution < 1.29 is 8.78 Å². The summed E-state index contributed by atoms with van der Waals surface area (Å²) in [5.41, 5.74) is 0.116. The van der Waals surface area contributed by atoms with Crippen molar-refractivity contribution >= 4 is 15.9 Å². The fraction of sp³-hybridized carbons (Fsp3) is 0.400. The van der Waals surface area contributed by atoms with Gasteiger partial charge in [0, 0.05) is 29.7 Å². The summed E-state index contributed by atoms with van der Waals surface area (Å²) in [7, 11) is 0. The van der Waals surface area contributed by atoms with Crippen molar-refractivity contribution in [3.05, 3.63) is 33.8 Å². The predicted octanol–water partition coefficient (Wildman–Crippen LogP) is 1.96. The molecule has 2 rings (SSSR count).